The first kappa shape index (κ1) is 12.5. The molecular formula is C13H19NO3. The van der Waals surface area contributed by atoms with Gasteiger partial charge in [-0.2, -0.15) is 5.48 Å². The number of hydrogen-bond acceptors (Lipinski definition) is 4. The van der Waals surface area contributed by atoms with Crippen molar-refractivity contribution in [3.05, 3.63) is 35.4 Å². The van der Waals surface area contributed by atoms with Crippen LogP contribution in [0.15, 0.2) is 24.3 Å². The Labute approximate surface area is 102 Å². The highest BCUT2D eigenvalue weighted by Crippen LogP contribution is 2.32. The molecule has 1 aliphatic rings. The Hall–Kier alpha value is -0.940. The molecule has 4 nitrogen and oxygen atoms in total. The van der Waals surface area contributed by atoms with E-state index < -0.39 is 5.79 Å². The van der Waals surface area contributed by atoms with Crippen molar-refractivity contribution in [1.82, 2.24) is 5.48 Å². The van der Waals surface area contributed by atoms with E-state index in [9.17, 15) is 0 Å². The summed E-state index contributed by atoms with van der Waals surface area (Å²) < 4.78 is 11.3. The number of ether oxygens (including phenoxy) is 2. The van der Waals surface area contributed by atoms with Crippen LogP contribution in [0.2, 0.25) is 0 Å². The van der Waals surface area contributed by atoms with Crippen molar-refractivity contribution in [2.24, 2.45) is 0 Å². The largest absolute Gasteiger partial charge is 0.347 e. The van der Waals surface area contributed by atoms with Crippen molar-refractivity contribution < 1.29 is 14.3 Å². The predicted molar refractivity (Wildman–Crippen MR) is 64.1 cm³/mol. The Morgan fingerprint density at radius 1 is 1.35 bits per heavy atom. The van der Waals surface area contributed by atoms with E-state index in [2.05, 4.69) is 29.7 Å². The topological polar surface area (TPSA) is 39.7 Å². The molecule has 0 radical (unpaired) electrons. The molecule has 17 heavy (non-hydrogen) atoms. The minimum Gasteiger partial charge on any atom is -0.347 e. The Kier molecular flexibility index (Phi) is 3.79. The summed E-state index contributed by atoms with van der Waals surface area (Å²) in [5.74, 6) is -0.471. The minimum atomic E-state index is -0.471. The molecule has 2 rings (SSSR count). The zero-order chi connectivity index (χ0) is 12.3. The van der Waals surface area contributed by atoms with Gasteiger partial charge in [0.05, 0.1) is 13.7 Å². The van der Waals surface area contributed by atoms with Crippen LogP contribution in [0, 0.1) is 0 Å². The molecule has 94 valence electrons. The number of benzene rings is 1. The van der Waals surface area contributed by atoms with Gasteiger partial charge in [0, 0.05) is 6.54 Å². The second kappa shape index (κ2) is 5.14. The normalized spacial score (nSPS) is 22.9. The summed E-state index contributed by atoms with van der Waals surface area (Å²) in [7, 11) is 1.61. The van der Waals surface area contributed by atoms with Gasteiger partial charge in [0.2, 0.25) is 0 Å². The second-order valence-electron chi connectivity index (χ2n) is 4.58. The van der Waals surface area contributed by atoms with Gasteiger partial charge in [-0.1, -0.05) is 24.3 Å². The van der Waals surface area contributed by atoms with E-state index in [0.717, 1.165) is 5.56 Å². The smallest absolute Gasteiger partial charge is 0.163 e. The van der Waals surface area contributed by atoms with Crippen molar-refractivity contribution in [2.75, 3.05) is 13.7 Å². The molecule has 1 fully saturated rings. The lowest BCUT2D eigenvalue weighted by Gasteiger charge is -2.17. The molecule has 1 N–H and O–H groups in total. The lowest BCUT2D eigenvalue weighted by molar-refractivity contribution is -0.139. The number of hydrogen-bond donors (Lipinski definition) is 1. The van der Waals surface area contributed by atoms with Gasteiger partial charge in [-0.15, -0.1) is 0 Å². The fourth-order valence-corrected chi connectivity index (χ4v) is 1.86. The average Bonchev–Trinajstić information content (AvgIpc) is 2.68. The van der Waals surface area contributed by atoms with E-state index in [0.29, 0.717) is 13.2 Å². The van der Waals surface area contributed by atoms with Crippen LogP contribution < -0.4 is 5.48 Å². The minimum absolute atomic E-state index is 0.0365. The zero-order valence-corrected chi connectivity index (χ0v) is 10.5. The van der Waals surface area contributed by atoms with Crippen molar-refractivity contribution >= 4 is 0 Å². The molecule has 0 amide bonds. The molecule has 1 aromatic rings. The highest BCUT2D eigenvalue weighted by molar-refractivity contribution is 5.24. The monoisotopic (exact) mass is 237 g/mol. The van der Waals surface area contributed by atoms with Gasteiger partial charge in [0.15, 0.2) is 5.79 Å². The molecule has 0 aromatic heterocycles. The van der Waals surface area contributed by atoms with Gasteiger partial charge >= 0.3 is 0 Å². The maximum Gasteiger partial charge on any atom is 0.163 e. The van der Waals surface area contributed by atoms with E-state index >= 15 is 0 Å². The van der Waals surface area contributed by atoms with Gasteiger partial charge in [-0.05, 0) is 25.0 Å². The van der Waals surface area contributed by atoms with E-state index in [-0.39, 0.29) is 6.10 Å². The van der Waals surface area contributed by atoms with Crippen molar-refractivity contribution in [1.29, 1.82) is 0 Å². The number of nitrogens with one attached hydrogen (secondary N) is 1. The van der Waals surface area contributed by atoms with Gasteiger partial charge in [0.25, 0.3) is 0 Å². The standard InChI is InChI=1S/C13H19NO3/c1-13(2)16-9-12(17-13)11-6-4-10(5-7-11)8-14-15-3/h4-7,12,14H,8-9H2,1-3H3. The third-order valence-corrected chi connectivity index (χ3v) is 2.78. The van der Waals surface area contributed by atoms with Crippen molar-refractivity contribution in [2.45, 2.75) is 32.3 Å². The fraction of sp³-hybridized carbons (Fsp3) is 0.538. The van der Waals surface area contributed by atoms with Crippen LogP contribution in [0.3, 0.4) is 0 Å². The molecule has 0 aliphatic carbocycles. The van der Waals surface area contributed by atoms with E-state index in [1.165, 1.54) is 5.56 Å². The first-order chi connectivity index (χ1) is 8.11. The number of rotatable bonds is 4. The summed E-state index contributed by atoms with van der Waals surface area (Å²) >= 11 is 0. The molecule has 4 heteroatoms. The van der Waals surface area contributed by atoms with E-state index in [4.69, 9.17) is 14.3 Å². The average molecular weight is 237 g/mol. The highest BCUT2D eigenvalue weighted by Gasteiger charge is 2.33. The van der Waals surface area contributed by atoms with Crippen LogP contribution in [0.5, 0.6) is 0 Å². The second-order valence-corrected chi connectivity index (χ2v) is 4.58. The first-order valence-electron chi connectivity index (χ1n) is 5.77. The van der Waals surface area contributed by atoms with Crippen LogP contribution in [-0.4, -0.2) is 19.5 Å². The fourth-order valence-electron chi connectivity index (χ4n) is 1.86. The number of hydroxylamine groups is 1. The molecule has 0 bridgehead atoms. The lowest BCUT2D eigenvalue weighted by atomic mass is 10.1. The zero-order valence-electron chi connectivity index (χ0n) is 10.5. The quantitative estimate of drug-likeness (QED) is 0.815. The first-order valence-corrected chi connectivity index (χ1v) is 5.77. The third-order valence-electron chi connectivity index (χ3n) is 2.78. The molecule has 1 aromatic carbocycles. The molecule has 0 spiro atoms. The molecule has 1 unspecified atom stereocenters. The summed E-state index contributed by atoms with van der Waals surface area (Å²) in [6.07, 6.45) is 0.0365. The lowest BCUT2D eigenvalue weighted by Crippen LogP contribution is -2.19. The van der Waals surface area contributed by atoms with Crippen molar-refractivity contribution in [3.8, 4) is 0 Å². The predicted octanol–water partition coefficient (Wildman–Crippen LogP) is 2.16. The third kappa shape index (κ3) is 3.26. The molecule has 1 heterocycles. The maximum atomic E-state index is 5.79. The van der Waals surface area contributed by atoms with Gasteiger partial charge in [-0.25, -0.2) is 0 Å². The SMILES string of the molecule is CONCc1ccc(C2COC(C)(C)O2)cc1. The Morgan fingerprint density at radius 3 is 2.59 bits per heavy atom. The van der Waals surface area contributed by atoms with E-state index in [1.54, 1.807) is 7.11 Å². The Balaban J connectivity index is 1.98. The molecule has 1 atom stereocenters. The van der Waals surface area contributed by atoms with Crippen LogP contribution in [0.4, 0.5) is 0 Å². The highest BCUT2D eigenvalue weighted by atomic mass is 16.7. The molecular weight excluding hydrogens is 218 g/mol. The van der Waals surface area contributed by atoms with Gasteiger partial charge in [-0.3, -0.25) is 0 Å². The Bertz CT molecular complexity index is 361. The summed E-state index contributed by atoms with van der Waals surface area (Å²) in [5, 5.41) is 0. The summed E-state index contributed by atoms with van der Waals surface area (Å²) in [5.41, 5.74) is 5.14. The van der Waals surface area contributed by atoms with E-state index in [1.807, 2.05) is 13.8 Å². The van der Waals surface area contributed by atoms with Crippen LogP contribution in [0.25, 0.3) is 0 Å². The Morgan fingerprint density at radius 2 is 2.06 bits per heavy atom. The van der Waals surface area contributed by atoms with Crippen LogP contribution >= 0.6 is 0 Å². The van der Waals surface area contributed by atoms with Crippen LogP contribution in [-0.2, 0) is 20.9 Å². The maximum absolute atomic E-state index is 5.79. The van der Waals surface area contributed by atoms with Gasteiger partial charge in [0.1, 0.15) is 6.10 Å². The summed E-state index contributed by atoms with van der Waals surface area (Å²) in [4.78, 5) is 4.81. The summed E-state index contributed by atoms with van der Waals surface area (Å²) in [6.45, 7) is 5.18. The van der Waals surface area contributed by atoms with Crippen molar-refractivity contribution in [3.63, 3.8) is 0 Å². The molecule has 1 saturated heterocycles. The van der Waals surface area contributed by atoms with Crippen LogP contribution in [0.1, 0.15) is 31.1 Å². The molecule has 1 aliphatic heterocycles. The summed E-state index contributed by atoms with van der Waals surface area (Å²) in [6, 6.07) is 8.27. The van der Waals surface area contributed by atoms with Gasteiger partial charge < -0.3 is 14.3 Å². The molecule has 0 saturated carbocycles.